The summed E-state index contributed by atoms with van der Waals surface area (Å²) in [7, 11) is 1.28. The Morgan fingerprint density at radius 2 is 1.94 bits per heavy atom. The maximum Gasteiger partial charge on any atom is 0.328 e. The number of thioether (sulfide) groups is 1. The topological polar surface area (TPSA) is 75.7 Å². The number of nitrogens with zero attached hydrogens (tertiary/aromatic N) is 1. The number of carbonyl (C=O) groups is 3. The van der Waals surface area contributed by atoms with Crippen molar-refractivity contribution in [3.05, 3.63) is 33.8 Å². The van der Waals surface area contributed by atoms with Gasteiger partial charge in [-0.15, -0.1) is 11.8 Å². The summed E-state index contributed by atoms with van der Waals surface area (Å²) in [5, 5.41) is 3.61. The van der Waals surface area contributed by atoms with E-state index in [0.717, 1.165) is 23.5 Å². The van der Waals surface area contributed by atoms with Gasteiger partial charge in [-0.25, -0.2) is 4.79 Å². The first kappa shape index (κ1) is 26.6. The minimum absolute atomic E-state index is 0.139. The lowest BCUT2D eigenvalue weighted by molar-refractivity contribution is -0.145. The normalized spacial score (nSPS) is 15.6. The molecule has 1 atom stereocenters. The number of nitrogens with one attached hydrogen (secondary N) is 1. The van der Waals surface area contributed by atoms with Crippen LogP contribution in [0.2, 0.25) is 10.0 Å². The van der Waals surface area contributed by atoms with Crippen molar-refractivity contribution in [1.29, 1.82) is 0 Å². The first-order chi connectivity index (χ1) is 15.3. The van der Waals surface area contributed by atoms with Crippen LogP contribution in [0.4, 0.5) is 0 Å². The van der Waals surface area contributed by atoms with Crippen LogP contribution < -0.4 is 5.32 Å². The zero-order chi connectivity index (χ0) is 23.7. The molecule has 6 nitrogen and oxygen atoms in total. The predicted octanol–water partition coefficient (Wildman–Crippen LogP) is 4.82. The fourth-order valence-electron chi connectivity index (χ4n) is 3.31. The Morgan fingerprint density at radius 1 is 1.25 bits per heavy atom. The first-order valence-electron chi connectivity index (χ1n) is 10.7. The number of carbonyl (C=O) groups excluding carboxylic acids is 3. The summed E-state index contributed by atoms with van der Waals surface area (Å²) >= 11 is 14.5. The Labute approximate surface area is 204 Å². The quantitative estimate of drug-likeness (QED) is 0.227. The van der Waals surface area contributed by atoms with Gasteiger partial charge in [0.25, 0.3) is 0 Å². The van der Waals surface area contributed by atoms with Crippen molar-refractivity contribution in [2.75, 3.05) is 26.0 Å². The Morgan fingerprint density at radius 3 is 2.56 bits per heavy atom. The van der Waals surface area contributed by atoms with E-state index in [1.165, 1.54) is 13.2 Å². The van der Waals surface area contributed by atoms with Gasteiger partial charge in [-0.3, -0.25) is 9.59 Å². The van der Waals surface area contributed by atoms with E-state index >= 15 is 0 Å². The fraction of sp³-hybridized carbons (Fsp3) is 0.522. The molecule has 32 heavy (non-hydrogen) atoms. The number of halogens is 2. The third-order valence-electron chi connectivity index (χ3n) is 5.33. The highest BCUT2D eigenvalue weighted by Gasteiger charge is 2.28. The summed E-state index contributed by atoms with van der Waals surface area (Å²) in [4.78, 5) is 39.0. The molecule has 2 rings (SSSR count). The third kappa shape index (κ3) is 7.42. The molecule has 1 aliphatic rings. The number of amides is 2. The van der Waals surface area contributed by atoms with E-state index < -0.39 is 12.0 Å². The number of likely N-dealkylation sites (tertiary alicyclic amines) is 1. The van der Waals surface area contributed by atoms with Crippen molar-refractivity contribution >= 4 is 58.8 Å². The lowest BCUT2D eigenvalue weighted by atomic mass is 9.95. The van der Waals surface area contributed by atoms with Crippen molar-refractivity contribution in [2.24, 2.45) is 5.92 Å². The molecule has 1 saturated heterocycles. The second kappa shape index (κ2) is 13.1. The van der Waals surface area contributed by atoms with E-state index in [1.807, 2.05) is 12.1 Å². The summed E-state index contributed by atoms with van der Waals surface area (Å²) in [6.45, 7) is 4.66. The van der Waals surface area contributed by atoms with Crippen LogP contribution in [0, 0.1) is 5.92 Å². The number of ether oxygens (including phenoxy) is 1. The van der Waals surface area contributed by atoms with Crippen LogP contribution in [0.3, 0.4) is 0 Å². The van der Waals surface area contributed by atoms with E-state index in [-0.39, 0.29) is 17.7 Å². The average Bonchev–Trinajstić information content (AvgIpc) is 2.80. The molecule has 176 valence electrons. The fourth-order valence-corrected chi connectivity index (χ4v) is 4.97. The Balaban J connectivity index is 1.89. The van der Waals surface area contributed by atoms with Crippen molar-refractivity contribution in [1.82, 2.24) is 10.2 Å². The Hall–Kier alpha value is -1.70. The van der Waals surface area contributed by atoms with E-state index in [1.54, 1.807) is 29.7 Å². The highest BCUT2D eigenvalue weighted by atomic mass is 35.5. The zero-order valence-corrected chi connectivity index (χ0v) is 21.0. The molecule has 0 bridgehead atoms. The monoisotopic (exact) mass is 500 g/mol. The SMILES string of the molecule is CCCCSc1ccc(/C=C/C(=O)N2CCC(C(=O)NC(C)C(=O)OC)CC2)c(Cl)c1Cl. The molecule has 1 aromatic rings. The molecule has 0 aromatic heterocycles. The maximum absolute atomic E-state index is 12.6. The summed E-state index contributed by atoms with van der Waals surface area (Å²) in [5.41, 5.74) is 0.691. The minimum atomic E-state index is -0.692. The molecule has 0 spiro atoms. The number of unbranched alkanes of at least 4 members (excludes halogenated alkanes) is 1. The number of methoxy groups -OCH3 is 1. The Bertz CT molecular complexity index is 855. The zero-order valence-electron chi connectivity index (χ0n) is 18.7. The predicted molar refractivity (Wildman–Crippen MR) is 130 cm³/mol. The molecule has 1 N–H and O–H groups in total. The molecule has 1 fully saturated rings. The van der Waals surface area contributed by atoms with Crippen molar-refractivity contribution in [2.45, 2.75) is 50.5 Å². The third-order valence-corrected chi connectivity index (χ3v) is 7.48. The van der Waals surface area contributed by atoms with Crippen molar-refractivity contribution in [3.63, 3.8) is 0 Å². The molecule has 9 heteroatoms. The summed E-state index contributed by atoms with van der Waals surface area (Å²) in [5.74, 6) is -0.0664. The van der Waals surface area contributed by atoms with Gasteiger partial charge in [-0.05, 0) is 49.6 Å². The van der Waals surface area contributed by atoms with Gasteiger partial charge >= 0.3 is 5.97 Å². The van der Waals surface area contributed by atoms with Crippen LogP contribution in [-0.4, -0.2) is 54.7 Å². The van der Waals surface area contributed by atoms with Gasteiger partial charge < -0.3 is 15.0 Å². The van der Waals surface area contributed by atoms with Gasteiger partial charge in [0.2, 0.25) is 11.8 Å². The molecule has 1 aromatic carbocycles. The summed E-state index contributed by atoms with van der Waals surface area (Å²) in [6, 6.07) is 3.10. The molecular weight excluding hydrogens is 471 g/mol. The number of hydrogen-bond acceptors (Lipinski definition) is 5. The number of hydrogen-bond donors (Lipinski definition) is 1. The molecule has 1 unspecified atom stereocenters. The van der Waals surface area contributed by atoms with Crippen LogP contribution in [0.1, 0.15) is 45.1 Å². The van der Waals surface area contributed by atoms with Gasteiger partial charge in [-0.2, -0.15) is 0 Å². The minimum Gasteiger partial charge on any atom is -0.467 e. The van der Waals surface area contributed by atoms with Crippen LogP contribution in [0.25, 0.3) is 6.08 Å². The maximum atomic E-state index is 12.6. The molecule has 0 saturated carbocycles. The molecule has 1 aliphatic heterocycles. The van der Waals surface area contributed by atoms with E-state index in [9.17, 15) is 14.4 Å². The standard InChI is InChI=1S/C23H30Cl2N2O4S/c1-4-5-14-32-18-8-6-16(20(24)21(18)25)7-9-19(28)27-12-10-17(11-13-27)22(29)26-15(2)23(30)31-3/h6-9,15,17H,4-5,10-14H2,1-3H3,(H,26,29)/b9-7+. The molecule has 2 amide bonds. The van der Waals surface area contributed by atoms with E-state index in [4.69, 9.17) is 23.2 Å². The highest BCUT2D eigenvalue weighted by molar-refractivity contribution is 7.99. The van der Waals surface area contributed by atoms with Crippen LogP contribution >= 0.6 is 35.0 Å². The van der Waals surface area contributed by atoms with Crippen LogP contribution in [0.15, 0.2) is 23.1 Å². The van der Waals surface area contributed by atoms with Gasteiger partial charge in [0.05, 0.1) is 17.2 Å². The average molecular weight is 501 g/mol. The van der Waals surface area contributed by atoms with Gasteiger partial charge in [0.15, 0.2) is 0 Å². The molecular formula is C23H30Cl2N2O4S. The summed E-state index contributed by atoms with van der Waals surface area (Å²) < 4.78 is 4.62. The number of esters is 1. The Kier molecular flexibility index (Phi) is 10.9. The first-order valence-corrected chi connectivity index (χ1v) is 12.5. The highest BCUT2D eigenvalue weighted by Crippen LogP contribution is 2.36. The van der Waals surface area contributed by atoms with E-state index in [2.05, 4.69) is 17.0 Å². The second-order valence-electron chi connectivity index (χ2n) is 7.67. The van der Waals surface area contributed by atoms with Crippen LogP contribution in [-0.2, 0) is 19.1 Å². The van der Waals surface area contributed by atoms with Crippen LogP contribution in [0.5, 0.6) is 0 Å². The summed E-state index contributed by atoms with van der Waals surface area (Å²) in [6.07, 6.45) is 6.47. The lowest BCUT2D eigenvalue weighted by Gasteiger charge is -2.31. The molecule has 0 radical (unpaired) electrons. The van der Waals surface area contributed by atoms with Crippen molar-refractivity contribution in [3.8, 4) is 0 Å². The molecule has 1 heterocycles. The smallest absolute Gasteiger partial charge is 0.328 e. The van der Waals surface area contributed by atoms with Gasteiger partial charge in [0.1, 0.15) is 6.04 Å². The number of benzene rings is 1. The number of rotatable bonds is 9. The van der Waals surface area contributed by atoms with Gasteiger partial charge in [-0.1, -0.05) is 42.6 Å². The number of piperidine rings is 1. The van der Waals surface area contributed by atoms with E-state index in [0.29, 0.717) is 41.5 Å². The van der Waals surface area contributed by atoms with Crippen molar-refractivity contribution < 1.29 is 19.1 Å². The lowest BCUT2D eigenvalue weighted by Crippen LogP contribution is -2.46. The second-order valence-corrected chi connectivity index (χ2v) is 9.56. The largest absolute Gasteiger partial charge is 0.467 e. The van der Waals surface area contributed by atoms with Gasteiger partial charge in [0, 0.05) is 30.0 Å². The molecule has 0 aliphatic carbocycles.